The summed E-state index contributed by atoms with van der Waals surface area (Å²) in [4.78, 5) is 38.1. The Hall–Kier alpha value is -2.70. The molecule has 3 rings (SSSR count). The van der Waals surface area contributed by atoms with Gasteiger partial charge >= 0.3 is 11.9 Å². The molecule has 0 aromatic carbocycles. The van der Waals surface area contributed by atoms with Crippen LogP contribution in [0.3, 0.4) is 0 Å². The van der Waals surface area contributed by atoms with E-state index in [1.54, 1.807) is 18.3 Å². The van der Waals surface area contributed by atoms with E-state index in [0.717, 1.165) is 22.7 Å². The second kappa shape index (κ2) is 9.62. The van der Waals surface area contributed by atoms with E-state index in [4.69, 9.17) is 9.47 Å². The van der Waals surface area contributed by atoms with Crippen LogP contribution in [0.15, 0.2) is 16.6 Å². The van der Waals surface area contributed by atoms with E-state index in [9.17, 15) is 14.4 Å². The molecule has 0 bridgehead atoms. The number of nitrogens with zero attached hydrogens (tertiary/aromatic N) is 3. The van der Waals surface area contributed by atoms with Crippen molar-refractivity contribution >= 4 is 57.3 Å². The van der Waals surface area contributed by atoms with Gasteiger partial charge in [0.25, 0.3) is 0 Å². The van der Waals surface area contributed by atoms with Crippen molar-refractivity contribution in [3.8, 4) is 11.4 Å². The normalized spacial score (nSPS) is 10.7. The molecule has 1 N–H and O–H groups in total. The lowest BCUT2D eigenvalue weighted by Crippen LogP contribution is -2.16. The van der Waals surface area contributed by atoms with Gasteiger partial charge in [-0.3, -0.25) is 4.79 Å². The van der Waals surface area contributed by atoms with Crippen LogP contribution in [-0.4, -0.2) is 52.6 Å². The molecule has 9 nitrogen and oxygen atoms in total. The first-order chi connectivity index (χ1) is 14.8. The summed E-state index contributed by atoms with van der Waals surface area (Å²) in [5.74, 6) is -0.825. The summed E-state index contributed by atoms with van der Waals surface area (Å²) >= 11 is 3.81. The van der Waals surface area contributed by atoms with Crippen molar-refractivity contribution in [3.05, 3.63) is 32.3 Å². The number of esters is 2. The van der Waals surface area contributed by atoms with Gasteiger partial charge < -0.3 is 19.4 Å². The molecule has 0 fully saturated rings. The van der Waals surface area contributed by atoms with Crippen LogP contribution >= 0.6 is 34.4 Å². The molecule has 3 aromatic rings. The van der Waals surface area contributed by atoms with Crippen LogP contribution < -0.4 is 5.32 Å². The maximum absolute atomic E-state index is 12.6. The third-order valence-electron chi connectivity index (χ3n) is 4.32. The number of ether oxygens (including phenoxy) is 2. The zero-order chi connectivity index (χ0) is 22.7. The van der Waals surface area contributed by atoms with Crippen LogP contribution in [0.25, 0.3) is 11.4 Å². The molecule has 0 aliphatic rings. The summed E-state index contributed by atoms with van der Waals surface area (Å²) in [6, 6.07) is 2.03. The minimum absolute atomic E-state index is 0.0414. The van der Waals surface area contributed by atoms with Crippen molar-refractivity contribution in [1.29, 1.82) is 0 Å². The lowest BCUT2D eigenvalue weighted by atomic mass is 10.1. The van der Waals surface area contributed by atoms with Gasteiger partial charge in [0.1, 0.15) is 9.88 Å². The van der Waals surface area contributed by atoms with Crippen LogP contribution in [0.1, 0.15) is 30.5 Å². The van der Waals surface area contributed by atoms with E-state index < -0.39 is 11.9 Å². The Morgan fingerprint density at radius 2 is 1.87 bits per heavy atom. The number of carbonyl (C=O) groups is 3. The van der Waals surface area contributed by atoms with E-state index >= 15 is 0 Å². The average molecular weight is 481 g/mol. The summed E-state index contributed by atoms with van der Waals surface area (Å²) in [6.07, 6.45) is 0. The maximum Gasteiger partial charge on any atom is 0.348 e. The molecule has 12 heteroatoms. The van der Waals surface area contributed by atoms with Crippen molar-refractivity contribution in [2.24, 2.45) is 7.05 Å². The molecular weight excluding hydrogens is 460 g/mol. The highest BCUT2D eigenvalue weighted by molar-refractivity contribution is 7.99. The average Bonchev–Trinajstić information content (AvgIpc) is 3.42. The molecule has 0 atom stereocenters. The number of aromatic nitrogens is 3. The van der Waals surface area contributed by atoms with Gasteiger partial charge in [-0.1, -0.05) is 11.8 Å². The quantitative estimate of drug-likeness (QED) is 0.404. The molecule has 0 aliphatic carbocycles. The number of hydrogen-bond acceptors (Lipinski definition) is 10. The molecule has 0 radical (unpaired) electrons. The van der Waals surface area contributed by atoms with Crippen molar-refractivity contribution in [2.75, 3.05) is 25.3 Å². The second-order valence-corrected chi connectivity index (χ2v) is 9.47. The van der Waals surface area contributed by atoms with E-state index in [2.05, 4.69) is 15.5 Å². The molecule has 3 aromatic heterocycles. The van der Waals surface area contributed by atoms with Gasteiger partial charge in [0.05, 0.1) is 25.5 Å². The number of carbonyl (C=O) groups excluding carboxylic acids is 3. The van der Waals surface area contributed by atoms with E-state index in [-0.39, 0.29) is 27.1 Å². The molecule has 0 saturated carbocycles. The van der Waals surface area contributed by atoms with Gasteiger partial charge in [0.2, 0.25) is 5.91 Å². The van der Waals surface area contributed by atoms with Gasteiger partial charge in [-0.15, -0.1) is 32.9 Å². The largest absolute Gasteiger partial charge is 0.465 e. The van der Waals surface area contributed by atoms with Crippen molar-refractivity contribution in [3.63, 3.8) is 0 Å². The minimum atomic E-state index is -0.643. The van der Waals surface area contributed by atoms with Gasteiger partial charge in [0, 0.05) is 22.9 Å². The maximum atomic E-state index is 12.6. The van der Waals surface area contributed by atoms with Crippen molar-refractivity contribution in [1.82, 2.24) is 14.8 Å². The highest BCUT2D eigenvalue weighted by Gasteiger charge is 2.27. The van der Waals surface area contributed by atoms with Crippen molar-refractivity contribution in [2.45, 2.75) is 19.0 Å². The fourth-order valence-corrected chi connectivity index (χ4v) is 5.30. The van der Waals surface area contributed by atoms with Crippen LogP contribution in [0, 0.1) is 13.8 Å². The molecule has 3 heterocycles. The number of methoxy groups -OCH3 is 2. The number of hydrogen-bond donors (Lipinski definition) is 1. The van der Waals surface area contributed by atoms with Gasteiger partial charge in [0.15, 0.2) is 11.0 Å². The topological polar surface area (TPSA) is 112 Å². The Morgan fingerprint density at radius 3 is 2.48 bits per heavy atom. The molecule has 1 amide bonds. The van der Waals surface area contributed by atoms with Crippen LogP contribution in [0.5, 0.6) is 0 Å². The highest BCUT2D eigenvalue weighted by Crippen LogP contribution is 2.34. The summed E-state index contributed by atoms with van der Waals surface area (Å²) < 4.78 is 11.4. The van der Waals surface area contributed by atoms with Crippen LogP contribution in [-0.2, 0) is 21.3 Å². The number of nitrogens with one attached hydrogen (secondary N) is 1. The van der Waals surface area contributed by atoms with Crippen LogP contribution in [0.2, 0.25) is 0 Å². The van der Waals surface area contributed by atoms with E-state index in [1.807, 2.05) is 30.0 Å². The van der Waals surface area contributed by atoms with E-state index in [1.165, 1.54) is 30.9 Å². The second-order valence-electron chi connectivity index (χ2n) is 6.39. The summed E-state index contributed by atoms with van der Waals surface area (Å²) in [6.45, 7) is 3.62. The number of anilines is 1. The van der Waals surface area contributed by atoms with Gasteiger partial charge in [-0.05, 0) is 25.5 Å². The third-order valence-corrected chi connectivity index (χ3v) is 7.38. The first-order valence-corrected chi connectivity index (χ1v) is 11.6. The number of thioether (sulfide) groups is 1. The van der Waals surface area contributed by atoms with Gasteiger partial charge in [-0.25, -0.2) is 9.59 Å². The lowest BCUT2D eigenvalue weighted by Gasteiger charge is -2.06. The molecule has 0 spiro atoms. The minimum Gasteiger partial charge on any atom is -0.465 e. The fraction of sp³-hybridized carbons (Fsp3) is 0.316. The Morgan fingerprint density at radius 1 is 1.16 bits per heavy atom. The predicted molar refractivity (Wildman–Crippen MR) is 120 cm³/mol. The summed E-state index contributed by atoms with van der Waals surface area (Å²) in [7, 11) is 4.32. The first kappa shape index (κ1) is 23.0. The van der Waals surface area contributed by atoms with Crippen molar-refractivity contribution < 1.29 is 23.9 Å². The summed E-state index contributed by atoms with van der Waals surface area (Å²) in [5, 5.41) is 13.9. The standard InChI is InChI=1S/C19H20N4O5S3/c1-9-6-11(7-29-9)15-21-22-19(23(15)3)30-8-12(24)20-16-13(17(25)27-4)10(2)14(31-16)18(26)28-5/h6-7H,8H2,1-5H3,(H,20,24). The smallest absolute Gasteiger partial charge is 0.348 e. The number of thiophene rings is 2. The SMILES string of the molecule is COC(=O)c1sc(NC(=O)CSc2nnc(-c3csc(C)c3)n2C)c(C(=O)OC)c1C. The molecule has 0 saturated heterocycles. The predicted octanol–water partition coefficient (Wildman–Crippen LogP) is 3.53. The fourth-order valence-electron chi connectivity index (χ4n) is 2.78. The molecule has 0 aliphatic heterocycles. The zero-order valence-electron chi connectivity index (χ0n) is 17.5. The highest BCUT2D eigenvalue weighted by atomic mass is 32.2. The monoisotopic (exact) mass is 480 g/mol. The third kappa shape index (κ3) is 4.81. The van der Waals surface area contributed by atoms with E-state index in [0.29, 0.717) is 10.7 Å². The Balaban J connectivity index is 1.74. The zero-order valence-corrected chi connectivity index (χ0v) is 19.9. The Bertz CT molecular complexity index is 1150. The first-order valence-electron chi connectivity index (χ1n) is 8.94. The molecule has 0 unspecified atom stereocenters. The molecule has 164 valence electrons. The Kier molecular flexibility index (Phi) is 7.13. The Labute approximate surface area is 190 Å². The number of amides is 1. The lowest BCUT2D eigenvalue weighted by molar-refractivity contribution is -0.113. The molecule has 31 heavy (non-hydrogen) atoms. The number of rotatable bonds is 7. The summed E-state index contributed by atoms with van der Waals surface area (Å²) in [5.41, 5.74) is 1.51. The van der Waals surface area contributed by atoms with Gasteiger partial charge in [-0.2, -0.15) is 0 Å². The van der Waals surface area contributed by atoms with Crippen LogP contribution in [0.4, 0.5) is 5.00 Å². The molecular formula is C19H20N4O5S3. The number of aryl methyl sites for hydroxylation is 1.